The van der Waals surface area contributed by atoms with Crippen LogP contribution in [0.25, 0.3) is 0 Å². The van der Waals surface area contributed by atoms with Crippen LogP contribution in [0.4, 0.5) is 5.69 Å². The molecule has 98 valence electrons. The molecule has 1 aromatic rings. The average Bonchev–Trinajstić information content (AvgIpc) is 2.93. The minimum Gasteiger partial charge on any atom is -0.331 e. The first-order valence-corrected chi connectivity index (χ1v) is 6.72. The Morgan fingerprint density at radius 3 is 2.68 bits per heavy atom. The Hall–Kier alpha value is -1.93. The van der Waals surface area contributed by atoms with Crippen LogP contribution in [0.2, 0.25) is 0 Å². The molecule has 2 rings (SSSR count). The zero-order chi connectivity index (χ0) is 13.7. The molecule has 0 bridgehead atoms. The molecule has 0 unspecified atom stereocenters. The minimum absolute atomic E-state index is 0.0237. The molecule has 5 heteroatoms. The molecule has 0 spiro atoms. The van der Waals surface area contributed by atoms with E-state index in [2.05, 4.69) is 16.7 Å². The lowest BCUT2D eigenvalue weighted by Gasteiger charge is -2.13. The van der Waals surface area contributed by atoms with E-state index in [-0.39, 0.29) is 16.9 Å². The fourth-order valence-electron chi connectivity index (χ4n) is 2.25. The molecule has 0 heterocycles. The van der Waals surface area contributed by atoms with E-state index < -0.39 is 0 Å². The van der Waals surface area contributed by atoms with E-state index in [1.807, 2.05) is 6.07 Å². The van der Waals surface area contributed by atoms with Crippen LogP contribution in [0.3, 0.4) is 0 Å². The molecule has 4 nitrogen and oxygen atoms in total. The fraction of sp³-hybridized carbons (Fsp3) is 0.357. The van der Waals surface area contributed by atoms with Gasteiger partial charge < -0.3 is 10.6 Å². The second kappa shape index (κ2) is 6.30. The van der Waals surface area contributed by atoms with Gasteiger partial charge in [0, 0.05) is 5.92 Å². The zero-order valence-corrected chi connectivity index (χ0v) is 11.3. The van der Waals surface area contributed by atoms with Crippen molar-refractivity contribution in [2.45, 2.75) is 25.7 Å². The third-order valence-electron chi connectivity index (χ3n) is 3.26. The number of nitrogens with zero attached hydrogens (tertiary/aromatic N) is 1. The highest BCUT2D eigenvalue weighted by Gasteiger charge is 2.23. The van der Waals surface area contributed by atoms with Crippen molar-refractivity contribution in [2.75, 3.05) is 5.32 Å². The summed E-state index contributed by atoms with van der Waals surface area (Å²) in [5.74, 6) is 0.0513. The molecule has 0 aromatic heterocycles. The Balaban J connectivity index is 1.94. The van der Waals surface area contributed by atoms with E-state index in [1.54, 1.807) is 18.2 Å². The lowest BCUT2D eigenvalue weighted by Crippen LogP contribution is -2.37. The number of carbonyl (C=O) groups excluding carboxylic acids is 1. The van der Waals surface area contributed by atoms with Gasteiger partial charge in [-0.15, -0.1) is 0 Å². The number of rotatable bonds is 2. The lowest BCUT2D eigenvalue weighted by molar-refractivity contribution is -0.123. The first-order valence-electron chi connectivity index (χ1n) is 6.31. The third kappa shape index (κ3) is 3.52. The van der Waals surface area contributed by atoms with Crippen LogP contribution in [-0.2, 0) is 4.79 Å². The van der Waals surface area contributed by atoms with E-state index in [0.29, 0.717) is 11.3 Å². The Bertz CT molecular complexity index is 530. The van der Waals surface area contributed by atoms with E-state index in [0.717, 1.165) is 25.7 Å². The summed E-state index contributed by atoms with van der Waals surface area (Å²) in [5.41, 5.74) is 1.11. The van der Waals surface area contributed by atoms with Gasteiger partial charge in [0.1, 0.15) is 6.07 Å². The summed E-state index contributed by atoms with van der Waals surface area (Å²) in [4.78, 5) is 11.9. The van der Waals surface area contributed by atoms with Gasteiger partial charge in [-0.3, -0.25) is 4.79 Å². The van der Waals surface area contributed by atoms with Gasteiger partial charge in [0.15, 0.2) is 5.11 Å². The molecule has 0 radical (unpaired) electrons. The number of nitriles is 1. The van der Waals surface area contributed by atoms with E-state index >= 15 is 0 Å². The number of anilines is 1. The zero-order valence-electron chi connectivity index (χ0n) is 10.5. The average molecular weight is 273 g/mol. The number of benzene rings is 1. The van der Waals surface area contributed by atoms with Crippen molar-refractivity contribution in [2.24, 2.45) is 5.92 Å². The maximum atomic E-state index is 11.9. The molecular formula is C14H15N3OS. The second-order valence-corrected chi connectivity index (χ2v) is 4.99. The number of para-hydroxylation sites is 1. The van der Waals surface area contributed by atoms with Gasteiger partial charge >= 0.3 is 0 Å². The summed E-state index contributed by atoms with van der Waals surface area (Å²) in [5, 5.41) is 14.8. The summed E-state index contributed by atoms with van der Waals surface area (Å²) in [6.45, 7) is 0. The van der Waals surface area contributed by atoms with Crippen molar-refractivity contribution >= 4 is 28.9 Å². The van der Waals surface area contributed by atoms with Crippen molar-refractivity contribution in [3.05, 3.63) is 29.8 Å². The molecule has 0 aliphatic heterocycles. The first-order chi connectivity index (χ1) is 9.20. The van der Waals surface area contributed by atoms with Crippen LogP contribution in [0.5, 0.6) is 0 Å². The summed E-state index contributed by atoms with van der Waals surface area (Å²) in [6.07, 6.45) is 4.08. The lowest BCUT2D eigenvalue weighted by atomic mass is 10.1. The standard InChI is InChI=1S/C14H15N3OS/c15-9-11-7-3-4-8-12(11)16-14(19)17-13(18)10-5-1-2-6-10/h3-4,7-8,10H,1-2,5-6H2,(H2,16,17,18,19). The van der Waals surface area contributed by atoms with Crippen LogP contribution in [0.15, 0.2) is 24.3 Å². The largest absolute Gasteiger partial charge is 0.331 e. The Morgan fingerprint density at radius 1 is 1.32 bits per heavy atom. The summed E-state index contributed by atoms with van der Waals surface area (Å²) >= 11 is 5.10. The number of amides is 1. The van der Waals surface area contributed by atoms with E-state index in [1.165, 1.54) is 0 Å². The number of carbonyl (C=O) groups is 1. The Kier molecular flexibility index (Phi) is 4.48. The number of hydrogen-bond acceptors (Lipinski definition) is 3. The highest BCUT2D eigenvalue weighted by molar-refractivity contribution is 7.80. The van der Waals surface area contributed by atoms with Crippen molar-refractivity contribution < 1.29 is 4.79 Å². The molecule has 2 N–H and O–H groups in total. The Labute approximate surface area is 117 Å². The predicted octanol–water partition coefficient (Wildman–Crippen LogP) is 2.56. The molecule has 19 heavy (non-hydrogen) atoms. The molecular weight excluding hydrogens is 258 g/mol. The van der Waals surface area contributed by atoms with Gasteiger partial charge in [-0.05, 0) is 37.2 Å². The normalized spacial score (nSPS) is 14.7. The molecule has 0 atom stereocenters. The second-order valence-electron chi connectivity index (χ2n) is 4.58. The van der Waals surface area contributed by atoms with Gasteiger partial charge in [-0.25, -0.2) is 0 Å². The van der Waals surface area contributed by atoms with Crippen molar-refractivity contribution in [3.8, 4) is 6.07 Å². The van der Waals surface area contributed by atoms with Gasteiger partial charge in [0.2, 0.25) is 5.91 Å². The molecule has 1 aliphatic rings. The number of thiocarbonyl (C=S) groups is 1. The van der Waals surface area contributed by atoms with Crippen LogP contribution >= 0.6 is 12.2 Å². The third-order valence-corrected chi connectivity index (χ3v) is 3.46. The molecule has 1 aliphatic carbocycles. The molecule has 1 amide bonds. The van der Waals surface area contributed by atoms with Crippen molar-refractivity contribution in [1.29, 1.82) is 5.26 Å². The minimum atomic E-state index is -0.0237. The highest BCUT2D eigenvalue weighted by atomic mass is 32.1. The maximum Gasteiger partial charge on any atom is 0.229 e. The van der Waals surface area contributed by atoms with Crippen LogP contribution < -0.4 is 10.6 Å². The predicted molar refractivity (Wildman–Crippen MR) is 77.5 cm³/mol. The summed E-state index contributed by atoms with van der Waals surface area (Å²) in [6, 6.07) is 9.12. The van der Waals surface area contributed by atoms with Crippen LogP contribution in [0, 0.1) is 17.2 Å². The van der Waals surface area contributed by atoms with Gasteiger partial charge in [-0.1, -0.05) is 25.0 Å². The monoisotopic (exact) mass is 273 g/mol. The quantitative estimate of drug-likeness (QED) is 0.813. The summed E-state index contributed by atoms with van der Waals surface area (Å²) in [7, 11) is 0. The SMILES string of the molecule is N#Cc1ccccc1NC(=S)NC(=O)C1CCCC1. The van der Waals surface area contributed by atoms with E-state index in [9.17, 15) is 4.79 Å². The van der Waals surface area contributed by atoms with Gasteiger partial charge in [0.25, 0.3) is 0 Å². The summed E-state index contributed by atoms with van der Waals surface area (Å²) < 4.78 is 0. The number of hydrogen-bond donors (Lipinski definition) is 2. The molecule has 0 saturated heterocycles. The van der Waals surface area contributed by atoms with Gasteiger partial charge in [-0.2, -0.15) is 5.26 Å². The molecule has 1 saturated carbocycles. The Morgan fingerprint density at radius 2 is 2.00 bits per heavy atom. The van der Waals surface area contributed by atoms with Crippen LogP contribution in [-0.4, -0.2) is 11.0 Å². The topological polar surface area (TPSA) is 64.9 Å². The van der Waals surface area contributed by atoms with Crippen molar-refractivity contribution in [1.82, 2.24) is 5.32 Å². The van der Waals surface area contributed by atoms with Crippen LogP contribution in [0.1, 0.15) is 31.2 Å². The van der Waals surface area contributed by atoms with E-state index in [4.69, 9.17) is 17.5 Å². The molecule has 1 fully saturated rings. The first kappa shape index (κ1) is 13.5. The smallest absolute Gasteiger partial charge is 0.229 e. The van der Waals surface area contributed by atoms with Gasteiger partial charge in [0.05, 0.1) is 11.3 Å². The number of nitrogens with one attached hydrogen (secondary N) is 2. The highest BCUT2D eigenvalue weighted by Crippen LogP contribution is 2.24. The molecule has 1 aromatic carbocycles. The van der Waals surface area contributed by atoms with Crippen molar-refractivity contribution in [3.63, 3.8) is 0 Å². The maximum absolute atomic E-state index is 11.9. The fourth-order valence-corrected chi connectivity index (χ4v) is 2.46.